The molecule has 1 aromatic heterocycles. The molecule has 4 aliphatic heterocycles. The van der Waals surface area contributed by atoms with Crippen LogP contribution in [0, 0.1) is 12.8 Å². The van der Waals surface area contributed by atoms with Crippen LogP contribution in [-0.4, -0.2) is 57.5 Å². The fraction of sp³-hybridized carbons (Fsp3) is 0.556. The molecule has 5 heteroatoms. The van der Waals surface area contributed by atoms with Gasteiger partial charge in [-0.1, -0.05) is 6.07 Å². The SMILES string of the molecule is Cc1nc2cccc3c2n1CCN([C@@H]1CN2CCC1CC2)C3=O. The highest BCUT2D eigenvalue weighted by Gasteiger charge is 2.40. The van der Waals surface area contributed by atoms with Crippen molar-refractivity contribution in [2.45, 2.75) is 32.4 Å². The number of rotatable bonds is 1. The fourth-order valence-electron chi connectivity index (χ4n) is 4.82. The highest BCUT2D eigenvalue weighted by atomic mass is 16.2. The lowest BCUT2D eigenvalue weighted by Gasteiger charge is -2.48. The third-order valence-corrected chi connectivity index (χ3v) is 6.04. The van der Waals surface area contributed by atoms with E-state index >= 15 is 0 Å². The highest BCUT2D eigenvalue weighted by molar-refractivity contribution is 6.05. The highest BCUT2D eigenvalue weighted by Crippen LogP contribution is 2.33. The quantitative estimate of drug-likeness (QED) is 0.808. The maximum absolute atomic E-state index is 13.3. The molecule has 0 spiro atoms. The Bertz CT molecular complexity index is 788. The number of nitrogens with zero attached hydrogens (tertiary/aromatic N) is 4. The predicted molar refractivity (Wildman–Crippen MR) is 88.5 cm³/mol. The van der Waals surface area contributed by atoms with Gasteiger partial charge in [-0.2, -0.15) is 0 Å². The predicted octanol–water partition coefficient (Wildman–Crippen LogP) is 1.89. The molecule has 0 unspecified atom stereocenters. The zero-order chi connectivity index (χ0) is 15.6. The molecule has 5 nitrogen and oxygen atoms in total. The number of hydrogen-bond donors (Lipinski definition) is 0. The van der Waals surface area contributed by atoms with Crippen LogP contribution >= 0.6 is 0 Å². The molecular weight excluding hydrogens is 288 g/mol. The molecule has 2 aromatic rings. The van der Waals surface area contributed by atoms with E-state index in [9.17, 15) is 4.79 Å². The van der Waals surface area contributed by atoms with Crippen LogP contribution in [0.25, 0.3) is 11.0 Å². The Labute approximate surface area is 135 Å². The Kier molecular flexibility index (Phi) is 2.83. The second-order valence-electron chi connectivity index (χ2n) is 7.19. The van der Waals surface area contributed by atoms with E-state index in [4.69, 9.17) is 0 Å². The van der Waals surface area contributed by atoms with Crippen LogP contribution in [0.15, 0.2) is 18.2 Å². The lowest BCUT2D eigenvalue weighted by molar-refractivity contribution is 0.00722. The molecule has 5 heterocycles. The van der Waals surface area contributed by atoms with Gasteiger partial charge in [0.2, 0.25) is 0 Å². The molecule has 2 bridgehead atoms. The molecule has 23 heavy (non-hydrogen) atoms. The molecule has 120 valence electrons. The first-order chi connectivity index (χ1) is 11.2. The minimum Gasteiger partial charge on any atom is -0.332 e. The number of piperidine rings is 3. The summed E-state index contributed by atoms with van der Waals surface area (Å²) in [6, 6.07) is 6.34. The Hall–Kier alpha value is -1.88. The van der Waals surface area contributed by atoms with Gasteiger partial charge in [-0.15, -0.1) is 0 Å². The second-order valence-corrected chi connectivity index (χ2v) is 7.19. The van der Waals surface area contributed by atoms with E-state index in [1.807, 2.05) is 25.1 Å². The number of imidazole rings is 1. The van der Waals surface area contributed by atoms with Gasteiger partial charge in [0.1, 0.15) is 5.82 Å². The van der Waals surface area contributed by atoms with E-state index in [-0.39, 0.29) is 5.91 Å². The summed E-state index contributed by atoms with van der Waals surface area (Å²) < 4.78 is 2.23. The van der Waals surface area contributed by atoms with Crippen LogP contribution < -0.4 is 0 Å². The monoisotopic (exact) mass is 310 g/mol. The standard InChI is InChI=1S/C18H22N4O/c1-12-19-15-4-2-3-14-17(15)21(12)9-10-22(18(14)23)16-11-20-7-5-13(16)6-8-20/h2-4,13,16H,5-11H2,1H3/t16-/m1/s1. The average Bonchev–Trinajstić information content (AvgIpc) is 2.82. The van der Waals surface area contributed by atoms with Gasteiger partial charge < -0.3 is 14.4 Å². The van der Waals surface area contributed by atoms with Crippen molar-refractivity contribution in [3.63, 3.8) is 0 Å². The molecular formula is C18H22N4O. The Balaban J connectivity index is 1.58. The average molecular weight is 310 g/mol. The van der Waals surface area contributed by atoms with Crippen LogP contribution in [0.3, 0.4) is 0 Å². The van der Waals surface area contributed by atoms with E-state index < -0.39 is 0 Å². The normalized spacial score (nSPS) is 30.0. The van der Waals surface area contributed by atoms with Crippen molar-refractivity contribution in [3.8, 4) is 0 Å². The van der Waals surface area contributed by atoms with Crippen molar-refractivity contribution >= 4 is 16.9 Å². The summed E-state index contributed by atoms with van der Waals surface area (Å²) in [5, 5.41) is 0. The molecule has 0 aliphatic carbocycles. The molecule has 0 saturated carbocycles. The van der Waals surface area contributed by atoms with Crippen molar-refractivity contribution in [1.82, 2.24) is 19.4 Å². The lowest BCUT2D eigenvalue weighted by atomic mass is 9.83. The van der Waals surface area contributed by atoms with Crippen molar-refractivity contribution < 1.29 is 4.79 Å². The molecule has 1 amide bonds. The topological polar surface area (TPSA) is 41.4 Å². The first kappa shape index (κ1) is 13.5. The summed E-state index contributed by atoms with van der Waals surface area (Å²) in [5.74, 6) is 1.89. The molecule has 0 N–H and O–H groups in total. The van der Waals surface area contributed by atoms with E-state index in [0.29, 0.717) is 12.0 Å². The zero-order valence-corrected chi connectivity index (χ0v) is 13.5. The minimum absolute atomic E-state index is 0.202. The Morgan fingerprint density at radius 2 is 1.96 bits per heavy atom. The Morgan fingerprint density at radius 3 is 2.70 bits per heavy atom. The van der Waals surface area contributed by atoms with Gasteiger partial charge in [0.15, 0.2) is 0 Å². The van der Waals surface area contributed by atoms with E-state index in [1.165, 1.54) is 25.9 Å². The summed E-state index contributed by atoms with van der Waals surface area (Å²) in [6.07, 6.45) is 2.48. The molecule has 4 aliphatic rings. The molecule has 3 fully saturated rings. The number of aromatic nitrogens is 2. The second kappa shape index (κ2) is 4.81. The summed E-state index contributed by atoms with van der Waals surface area (Å²) >= 11 is 0. The molecule has 0 radical (unpaired) electrons. The maximum Gasteiger partial charge on any atom is 0.256 e. The number of amides is 1. The van der Waals surface area contributed by atoms with Gasteiger partial charge >= 0.3 is 0 Å². The van der Waals surface area contributed by atoms with Crippen LogP contribution in [0.2, 0.25) is 0 Å². The third-order valence-electron chi connectivity index (χ3n) is 6.04. The van der Waals surface area contributed by atoms with E-state index in [0.717, 1.165) is 42.1 Å². The van der Waals surface area contributed by atoms with Crippen molar-refractivity contribution in [2.24, 2.45) is 5.92 Å². The van der Waals surface area contributed by atoms with Crippen LogP contribution in [-0.2, 0) is 6.54 Å². The van der Waals surface area contributed by atoms with Gasteiger partial charge in [0.25, 0.3) is 5.91 Å². The van der Waals surface area contributed by atoms with Crippen molar-refractivity contribution in [2.75, 3.05) is 26.2 Å². The van der Waals surface area contributed by atoms with Crippen LogP contribution in [0.1, 0.15) is 29.0 Å². The first-order valence-electron chi connectivity index (χ1n) is 8.71. The van der Waals surface area contributed by atoms with Gasteiger partial charge in [-0.3, -0.25) is 4.79 Å². The Morgan fingerprint density at radius 1 is 1.13 bits per heavy atom. The number of carbonyl (C=O) groups is 1. The summed E-state index contributed by atoms with van der Waals surface area (Å²) in [7, 11) is 0. The number of carbonyl (C=O) groups excluding carboxylic acids is 1. The molecule has 6 rings (SSSR count). The molecule has 1 atom stereocenters. The number of fused-ring (bicyclic) bond motifs is 3. The number of aryl methyl sites for hydroxylation is 1. The zero-order valence-electron chi connectivity index (χ0n) is 13.5. The smallest absolute Gasteiger partial charge is 0.256 e. The van der Waals surface area contributed by atoms with Crippen molar-refractivity contribution in [1.29, 1.82) is 0 Å². The first-order valence-corrected chi connectivity index (χ1v) is 8.71. The summed E-state index contributed by atoms with van der Waals surface area (Å²) in [6.45, 7) is 7.17. The third kappa shape index (κ3) is 1.89. The van der Waals surface area contributed by atoms with E-state index in [1.54, 1.807) is 0 Å². The summed E-state index contributed by atoms with van der Waals surface area (Å²) in [4.78, 5) is 22.6. The van der Waals surface area contributed by atoms with E-state index in [2.05, 4.69) is 19.4 Å². The number of benzene rings is 1. The lowest BCUT2D eigenvalue weighted by Crippen LogP contribution is -2.58. The number of para-hydroxylation sites is 1. The van der Waals surface area contributed by atoms with Crippen LogP contribution in [0.5, 0.6) is 0 Å². The largest absolute Gasteiger partial charge is 0.332 e. The van der Waals surface area contributed by atoms with Crippen LogP contribution in [0.4, 0.5) is 0 Å². The van der Waals surface area contributed by atoms with Gasteiger partial charge in [0.05, 0.1) is 16.6 Å². The molecule has 1 aromatic carbocycles. The fourth-order valence-corrected chi connectivity index (χ4v) is 4.82. The molecule has 3 saturated heterocycles. The van der Waals surface area contributed by atoms with Crippen molar-refractivity contribution in [3.05, 3.63) is 29.6 Å². The van der Waals surface area contributed by atoms with Gasteiger partial charge in [-0.25, -0.2) is 4.98 Å². The van der Waals surface area contributed by atoms with Gasteiger partial charge in [0, 0.05) is 25.7 Å². The minimum atomic E-state index is 0.202. The maximum atomic E-state index is 13.3. The number of hydrogen-bond acceptors (Lipinski definition) is 3. The summed E-state index contributed by atoms with van der Waals surface area (Å²) in [5.41, 5.74) is 2.81. The van der Waals surface area contributed by atoms with Gasteiger partial charge in [-0.05, 0) is 50.9 Å².